The molecule has 1 unspecified atom stereocenters. The summed E-state index contributed by atoms with van der Waals surface area (Å²) in [4.78, 5) is 55.5. The van der Waals surface area contributed by atoms with Crippen molar-refractivity contribution in [1.82, 2.24) is 10.2 Å². The molecule has 0 radical (unpaired) electrons. The van der Waals surface area contributed by atoms with E-state index in [4.69, 9.17) is 37.9 Å². The number of ether oxygens (including phenoxy) is 2. The maximum Gasteiger partial charge on any atom is 0.326 e. The highest BCUT2D eigenvalue weighted by molar-refractivity contribution is 6.42. The number of carbonyl (C=O) groups is 4. The highest BCUT2D eigenvalue weighted by Crippen LogP contribution is 2.41. The van der Waals surface area contributed by atoms with Crippen molar-refractivity contribution in [3.63, 3.8) is 0 Å². The van der Waals surface area contributed by atoms with E-state index in [0.29, 0.717) is 43.9 Å². The molecule has 3 amide bonds. The fourth-order valence-corrected chi connectivity index (χ4v) is 7.94. The van der Waals surface area contributed by atoms with Crippen LogP contribution in [-0.4, -0.2) is 45.8 Å². The smallest absolute Gasteiger partial charge is 0.326 e. The van der Waals surface area contributed by atoms with Crippen molar-refractivity contribution < 1.29 is 33.8 Å². The summed E-state index contributed by atoms with van der Waals surface area (Å²) >= 11 is 12.1. The quantitative estimate of drug-likeness (QED) is 0.121. The van der Waals surface area contributed by atoms with Crippen molar-refractivity contribution in [2.75, 3.05) is 5.32 Å². The summed E-state index contributed by atoms with van der Waals surface area (Å²) < 4.78 is 12.2. The summed E-state index contributed by atoms with van der Waals surface area (Å²) in [6.07, 6.45) is 1.56. The zero-order chi connectivity index (χ0) is 41.2. The number of nitrogens with one attached hydrogen (secondary N) is 2. The molecule has 2 aliphatic heterocycles. The normalized spacial score (nSPS) is 17.5. The number of nitrogens with zero attached hydrogens (tertiary/aromatic N) is 2. The number of nitriles is 1. The van der Waals surface area contributed by atoms with Crippen molar-refractivity contribution in [2.24, 2.45) is 5.92 Å². The van der Waals surface area contributed by atoms with E-state index in [2.05, 4.69) is 16.7 Å². The largest absolute Gasteiger partial charge is 0.489 e. The molecular formula is C46H38Cl2N4O7. The first kappa shape index (κ1) is 39.5. The van der Waals surface area contributed by atoms with E-state index < -0.39 is 30.1 Å². The first-order chi connectivity index (χ1) is 28.5. The summed E-state index contributed by atoms with van der Waals surface area (Å²) in [5.74, 6) is -1.48. The van der Waals surface area contributed by atoms with Gasteiger partial charge in [0.25, 0.3) is 5.91 Å². The van der Waals surface area contributed by atoms with E-state index in [1.165, 1.54) is 0 Å². The van der Waals surface area contributed by atoms with Crippen LogP contribution < -0.4 is 20.1 Å². The molecule has 13 heteroatoms. The minimum absolute atomic E-state index is 0.0115. The molecule has 1 fully saturated rings. The Morgan fingerprint density at radius 3 is 2.39 bits per heavy atom. The fourth-order valence-electron chi connectivity index (χ4n) is 7.62. The number of amides is 3. The maximum atomic E-state index is 14.1. The van der Waals surface area contributed by atoms with Crippen LogP contribution in [-0.2, 0) is 45.2 Å². The lowest BCUT2D eigenvalue weighted by Gasteiger charge is -2.40. The van der Waals surface area contributed by atoms with E-state index >= 15 is 0 Å². The second kappa shape index (κ2) is 16.9. The Hall–Kier alpha value is -6.35. The molecule has 5 aromatic carbocycles. The summed E-state index contributed by atoms with van der Waals surface area (Å²) in [5.41, 5.74) is 6.35. The Labute approximate surface area is 350 Å². The van der Waals surface area contributed by atoms with Gasteiger partial charge in [0, 0.05) is 30.9 Å². The second-order valence-corrected chi connectivity index (χ2v) is 15.8. The van der Waals surface area contributed by atoms with Crippen molar-refractivity contribution in [3.8, 4) is 28.7 Å². The molecule has 8 rings (SSSR count). The minimum Gasteiger partial charge on any atom is -0.489 e. The Bertz CT molecular complexity index is 2500. The van der Waals surface area contributed by atoms with Crippen molar-refractivity contribution in [2.45, 2.75) is 63.4 Å². The number of halogens is 2. The van der Waals surface area contributed by atoms with E-state index in [0.717, 1.165) is 47.1 Å². The Kier molecular flexibility index (Phi) is 11.3. The van der Waals surface area contributed by atoms with Gasteiger partial charge in [-0.05, 0) is 94.8 Å². The summed E-state index contributed by atoms with van der Waals surface area (Å²) in [7, 11) is 0. The number of hydrogen-bond acceptors (Lipinski definition) is 7. The van der Waals surface area contributed by atoms with E-state index in [1.54, 1.807) is 65.6 Å². The van der Waals surface area contributed by atoms with Gasteiger partial charge in [0.15, 0.2) is 0 Å². The third-order valence-corrected chi connectivity index (χ3v) is 11.9. The predicted octanol–water partition coefficient (Wildman–Crippen LogP) is 8.05. The Morgan fingerprint density at radius 2 is 1.69 bits per heavy atom. The van der Waals surface area contributed by atoms with E-state index in [9.17, 15) is 24.3 Å². The van der Waals surface area contributed by atoms with Gasteiger partial charge in [0.05, 0.1) is 27.4 Å². The third-order valence-electron chi connectivity index (χ3n) is 11.1. The average Bonchev–Trinajstić information content (AvgIpc) is 3.22. The zero-order valence-corrected chi connectivity index (χ0v) is 33.1. The van der Waals surface area contributed by atoms with Crippen molar-refractivity contribution in [1.29, 1.82) is 5.26 Å². The van der Waals surface area contributed by atoms with Crippen LogP contribution in [0, 0.1) is 17.2 Å². The monoisotopic (exact) mass is 828 g/mol. The van der Waals surface area contributed by atoms with Crippen LogP contribution in [0.4, 0.5) is 5.69 Å². The van der Waals surface area contributed by atoms with Gasteiger partial charge in [-0.2, -0.15) is 5.26 Å². The number of carbonyl (C=O) groups excluding carboxylic acids is 3. The molecule has 3 aliphatic rings. The SMILES string of the molecule is N#Cc1ccc(-c2cccc(CC(NC(=O)[C@@H]3Cc4cc5c(cc4CN3C(=O)C3CCC3)O[C@@H](c3ccc(OCc4ccc(Cl)c(Cl)c4)cc3)C(=O)N5)C(=O)O)c2)cc1. The molecule has 3 N–H and O–H groups in total. The Balaban J connectivity index is 0.978. The number of fused-ring (bicyclic) bond motifs is 2. The molecule has 298 valence electrons. The van der Waals surface area contributed by atoms with Crippen LogP contribution in [0.1, 0.15) is 58.7 Å². The van der Waals surface area contributed by atoms with Crippen LogP contribution in [0.15, 0.2) is 103 Å². The summed E-state index contributed by atoms with van der Waals surface area (Å²) in [5, 5.41) is 26.0. The topological polar surface area (TPSA) is 158 Å². The van der Waals surface area contributed by atoms with Crippen LogP contribution in [0.2, 0.25) is 10.0 Å². The number of anilines is 1. The third kappa shape index (κ3) is 8.60. The number of carboxylic acid groups (broad SMARTS) is 1. The number of rotatable bonds is 11. The predicted molar refractivity (Wildman–Crippen MR) is 221 cm³/mol. The molecule has 0 spiro atoms. The van der Waals surface area contributed by atoms with Gasteiger partial charge >= 0.3 is 5.97 Å². The molecule has 3 atom stereocenters. The summed E-state index contributed by atoms with van der Waals surface area (Å²) in [6, 6.07) is 30.2. The molecule has 11 nitrogen and oxygen atoms in total. The first-order valence-electron chi connectivity index (χ1n) is 19.3. The fraction of sp³-hybridized carbons (Fsp3) is 0.239. The average molecular weight is 830 g/mol. The van der Waals surface area contributed by atoms with E-state index in [1.807, 2.05) is 42.5 Å². The maximum absolute atomic E-state index is 14.1. The highest BCUT2D eigenvalue weighted by Gasteiger charge is 2.41. The molecule has 2 heterocycles. The van der Waals surface area contributed by atoms with Gasteiger partial charge in [0.2, 0.25) is 17.9 Å². The summed E-state index contributed by atoms with van der Waals surface area (Å²) in [6.45, 7) is 0.391. The van der Waals surface area contributed by atoms with Gasteiger partial charge in [-0.15, -0.1) is 0 Å². The molecular weight excluding hydrogens is 791 g/mol. The van der Waals surface area contributed by atoms with Gasteiger partial charge in [-0.25, -0.2) is 4.79 Å². The van der Waals surface area contributed by atoms with Crippen LogP contribution in [0.5, 0.6) is 11.5 Å². The van der Waals surface area contributed by atoms with Gasteiger partial charge in [-0.1, -0.05) is 84.2 Å². The molecule has 0 aromatic heterocycles. The van der Waals surface area contributed by atoms with Gasteiger partial charge in [-0.3, -0.25) is 14.4 Å². The highest BCUT2D eigenvalue weighted by atomic mass is 35.5. The first-order valence-corrected chi connectivity index (χ1v) is 20.0. The standard InChI is InChI=1S/C46H38Cl2N4O7/c47-36-16-9-28(18-37(36)48)25-58-35-14-12-30(13-15-35)42-44(54)50-38-20-33-21-40(52(45(55)31-4-2-5-31)24-34(33)22-41(38)59-42)43(53)51-39(46(56)57)19-27-3-1-6-32(17-27)29-10-7-26(23-49)8-11-29/h1,3,6-18,20,22,31,39-40,42H,2,4-5,19,21,24-25H2,(H,50,54)(H,51,53)(H,56,57)/t39?,40-,42-/m0/s1. The van der Waals surface area contributed by atoms with E-state index in [-0.39, 0.29) is 43.7 Å². The lowest BCUT2D eigenvalue weighted by Crippen LogP contribution is -2.57. The van der Waals surface area contributed by atoms with Gasteiger partial charge in [0.1, 0.15) is 30.2 Å². The lowest BCUT2D eigenvalue weighted by atomic mass is 9.82. The second-order valence-electron chi connectivity index (χ2n) is 15.0. The van der Waals surface area contributed by atoms with Crippen LogP contribution >= 0.6 is 23.2 Å². The molecule has 59 heavy (non-hydrogen) atoms. The van der Waals surface area contributed by atoms with Crippen LogP contribution in [0.25, 0.3) is 11.1 Å². The van der Waals surface area contributed by atoms with Crippen molar-refractivity contribution >= 4 is 52.6 Å². The van der Waals surface area contributed by atoms with Crippen molar-refractivity contribution in [3.05, 3.63) is 147 Å². The molecule has 1 aliphatic carbocycles. The zero-order valence-electron chi connectivity index (χ0n) is 31.6. The molecule has 0 saturated heterocycles. The molecule has 1 saturated carbocycles. The number of hydrogen-bond donors (Lipinski definition) is 3. The minimum atomic E-state index is -1.27. The molecule has 0 bridgehead atoms. The lowest BCUT2D eigenvalue weighted by molar-refractivity contribution is -0.148. The molecule has 5 aromatic rings. The number of benzene rings is 5. The van der Waals surface area contributed by atoms with Gasteiger partial charge < -0.3 is 30.1 Å². The number of carboxylic acids is 1. The Morgan fingerprint density at radius 1 is 0.915 bits per heavy atom. The number of aliphatic carboxylic acids is 1. The van der Waals surface area contributed by atoms with Crippen LogP contribution in [0.3, 0.4) is 0 Å².